The molecule has 0 aliphatic carbocycles. The minimum atomic E-state index is 0.0424. The van der Waals surface area contributed by atoms with Crippen molar-refractivity contribution in [3.63, 3.8) is 0 Å². The van der Waals surface area contributed by atoms with E-state index in [1.165, 1.54) is 10.9 Å². The molecular weight excluding hydrogens is 258 g/mol. The Morgan fingerprint density at radius 2 is 1.90 bits per heavy atom. The van der Waals surface area contributed by atoms with Gasteiger partial charge in [0.25, 0.3) is 0 Å². The molecule has 1 aromatic heterocycles. The van der Waals surface area contributed by atoms with Crippen molar-refractivity contribution in [1.82, 2.24) is 15.2 Å². The van der Waals surface area contributed by atoms with Crippen LogP contribution >= 0.6 is 0 Å². The van der Waals surface area contributed by atoms with Crippen LogP contribution in [-0.2, 0) is 0 Å². The monoisotopic (exact) mass is 285 g/mol. The molecule has 3 heteroatoms. The summed E-state index contributed by atoms with van der Waals surface area (Å²) in [6.45, 7) is 11.2. The topological polar surface area (TPSA) is 28.2 Å². The van der Waals surface area contributed by atoms with Crippen LogP contribution < -0.4 is 5.32 Å². The van der Waals surface area contributed by atoms with Gasteiger partial charge in [-0.2, -0.15) is 0 Å². The Balaban J connectivity index is 2.43. The van der Waals surface area contributed by atoms with Gasteiger partial charge in [0.2, 0.25) is 0 Å². The molecule has 0 spiro atoms. The predicted octanol–water partition coefficient (Wildman–Crippen LogP) is 3.62. The second kappa shape index (κ2) is 6.54. The first-order chi connectivity index (χ1) is 10.0. The van der Waals surface area contributed by atoms with Crippen LogP contribution in [0, 0.1) is 0 Å². The summed E-state index contributed by atoms with van der Waals surface area (Å²) in [5.74, 6) is 0. The van der Waals surface area contributed by atoms with Crippen molar-refractivity contribution in [3.8, 4) is 0 Å². The van der Waals surface area contributed by atoms with Crippen LogP contribution in [0.5, 0.6) is 0 Å². The molecule has 1 N–H and O–H groups in total. The molecule has 1 aromatic carbocycles. The Hall–Kier alpha value is -1.45. The van der Waals surface area contributed by atoms with E-state index in [1.807, 2.05) is 19.3 Å². The zero-order valence-electron chi connectivity index (χ0n) is 13.9. The molecule has 2 rings (SSSR count). The first-order valence-electron chi connectivity index (χ1n) is 7.81. The number of aromatic nitrogens is 1. The minimum Gasteiger partial charge on any atom is -0.311 e. The van der Waals surface area contributed by atoms with E-state index in [0.29, 0.717) is 0 Å². The van der Waals surface area contributed by atoms with Crippen LogP contribution in [0.4, 0.5) is 0 Å². The number of hydrogen-bond donors (Lipinski definition) is 1. The third-order valence-corrected chi connectivity index (χ3v) is 4.54. The van der Waals surface area contributed by atoms with Gasteiger partial charge in [0.15, 0.2) is 0 Å². The van der Waals surface area contributed by atoms with E-state index in [4.69, 9.17) is 0 Å². The Labute approximate surface area is 128 Å². The first kappa shape index (κ1) is 15.9. The van der Waals surface area contributed by atoms with Crippen LogP contribution in [0.2, 0.25) is 0 Å². The largest absolute Gasteiger partial charge is 0.311 e. The number of fused-ring (bicyclic) bond motifs is 1. The minimum absolute atomic E-state index is 0.0424. The third kappa shape index (κ3) is 3.09. The molecule has 114 valence electrons. The highest BCUT2D eigenvalue weighted by Gasteiger charge is 2.34. The molecule has 3 nitrogen and oxygen atoms in total. The summed E-state index contributed by atoms with van der Waals surface area (Å²) in [6.07, 6.45) is 1.86. The number of hydrogen-bond acceptors (Lipinski definition) is 3. The maximum Gasteiger partial charge on any atom is 0.0705 e. The van der Waals surface area contributed by atoms with Gasteiger partial charge in [-0.05, 0) is 51.7 Å². The number of benzene rings is 1. The molecule has 0 radical (unpaired) electrons. The van der Waals surface area contributed by atoms with Gasteiger partial charge < -0.3 is 5.32 Å². The highest BCUT2D eigenvalue weighted by Crippen LogP contribution is 2.31. The fraction of sp³-hybridized carbons (Fsp3) is 0.500. The van der Waals surface area contributed by atoms with Crippen molar-refractivity contribution in [2.45, 2.75) is 39.3 Å². The van der Waals surface area contributed by atoms with Gasteiger partial charge in [0.05, 0.1) is 5.52 Å². The number of pyridine rings is 1. The second-order valence-electron chi connectivity index (χ2n) is 6.00. The molecule has 21 heavy (non-hydrogen) atoms. The lowest BCUT2D eigenvalue weighted by Crippen LogP contribution is -2.51. The number of nitrogens with zero attached hydrogens (tertiary/aromatic N) is 2. The van der Waals surface area contributed by atoms with Gasteiger partial charge in [0.1, 0.15) is 0 Å². The Morgan fingerprint density at radius 1 is 1.19 bits per heavy atom. The summed E-state index contributed by atoms with van der Waals surface area (Å²) in [6, 6.07) is 11.0. The summed E-state index contributed by atoms with van der Waals surface area (Å²) in [7, 11) is 2.04. The quantitative estimate of drug-likeness (QED) is 0.878. The van der Waals surface area contributed by atoms with Crippen molar-refractivity contribution in [2.75, 3.05) is 20.1 Å². The maximum absolute atomic E-state index is 4.48. The zero-order valence-corrected chi connectivity index (χ0v) is 13.9. The standard InChI is InChI=1S/C18H27N3/c1-6-21(7-2)18(3,4)17(19-5)15-11-10-14-9-8-12-20-16(14)13-15/h8-13,17,19H,6-7H2,1-5H3. The van der Waals surface area contributed by atoms with Gasteiger partial charge in [-0.15, -0.1) is 0 Å². The Morgan fingerprint density at radius 3 is 2.52 bits per heavy atom. The van der Waals surface area contributed by atoms with E-state index in [0.717, 1.165) is 18.6 Å². The first-order valence-corrected chi connectivity index (χ1v) is 7.81. The number of rotatable bonds is 6. The SMILES string of the molecule is CCN(CC)C(C)(C)C(NC)c1ccc2cccnc2c1. The average Bonchev–Trinajstić information content (AvgIpc) is 2.48. The van der Waals surface area contributed by atoms with E-state index < -0.39 is 0 Å². The van der Waals surface area contributed by atoms with E-state index in [2.05, 4.69) is 67.2 Å². The highest BCUT2D eigenvalue weighted by atomic mass is 15.2. The molecular formula is C18H27N3. The number of nitrogens with one attached hydrogen (secondary N) is 1. The average molecular weight is 285 g/mol. The van der Waals surface area contributed by atoms with Crippen molar-refractivity contribution in [2.24, 2.45) is 0 Å². The number of likely N-dealkylation sites (N-methyl/N-ethyl adjacent to an activating group) is 2. The van der Waals surface area contributed by atoms with Crippen molar-refractivity contribution >= 4 is 10.9 Å². The summed E-state index contributed by atoms with van der Waals surface area (Å²) >= 11 is 0. The van der Waals surface area contributed by atoms with Gasteiger partial charge in [-0.3, -0.25) is 9.88 Å². The van der Waals surface area contributed by atoms with Gasteiger partial charge in [0, 0.05) is 23.2 Å². The van der Waals surface area contributed by atoms with Crippen molar-refractivity contribution in [1.29, 1.82) is 0 Å². The molecule has 0 aliphatic heterocycles. The van der Waals surface area contributed by atoms with E-state index in [1.54, 1.807) is 0 Å². The van der Waals surface area contributed by atoms with Crippen LogP contribution in [0.3, 0.4) is 0 Å². The summed E-state index contributed by atoms with van der Waals surface area (Å²) in [5.41, 5.74) is 2.40. The lowest BCUT2D eigenvalue weighted by molar-refractivity contribution is 0.0945. The smallest absolute Gasteiger partial charge is 0.0705 e. The molecule has 0 saturated heterocycles. The van der Waals surface area contributed by atoms with E-state index in [-0.39, 0.29) is 11.6 Å². The highest BCUT2D eigenvalue weighted by molar-refractivity contribution is 5.79. The molecule has 0 saturated carbocycles. The molecule has 1 unspecified atom stereocenters. The van der Waals surface area contributed by atoms with E-state index >= 15 is 0 Å². The Kier molecular flexibility index (Phi) is 4.96. The lowest BCUT2D eigenvalue weighted by Gasteiger charge is -2.43. The molecule has 1 atom stereocenters. The van der Waals surface area contributed by atoms with Crippen molar-refractivity contribution < 1.29 is 0 Å². The molecule has 1 heterocycles. The molecule has 0 aliphatic rings. The molecule has 2 aromatic rings. The summed E-state index contributed by atoms with van der Waals surface area (Å²) in [5, 5.41) is 4.69. The lowest BCUT2D eigenvalue weighted by atomic mass is 9.86. The molecule has 0 amide bonds. The van der Waals surface area contributed by atoms with Gasteiger partial charge in [-0.25, -0.2) is 0 Å². The normalized spacial score (nSPS) is 13.8. The molecule has 0 fully saturated rings. The van der Waals surface area contributed by atoms with E-state index in [9.17, 15) is 0 Å². The summed E-state index contributed by atoms with van der Waals surface area (Å²) in [4.78, 5) is 6.98. The summed E-state index contributed by atoms with van der Waals surface area (Å²) < 4.78 is 0. The third-order valence-electron chi connectivity index (χ3n) is 4.54. The zero-order chi connectivity index (χ0) is 15.5. The van der Waals surface area contributed by atoms with Crippen LogP contribution in [0.15, 0.2) is 36.5 Å². The van der Waals surface area contributed by atoms with Crippen LogP contribution in [0.25, 0.3) is 10.9 Å². The van der Waals surface area contributed by atoms with Crippen LogP contribution in [0.1, 0.15) is 39.3 Å². The van der Waals surface area contributed by atoms with Crippen LogP contribution in [-0.4, -0.2) is 35.6 Å². The van der Waals surface area contributed by atoms with Crippen molar-refractivity contribution in [3.05, 3.63) is 42.1 Å². The Bertz CT molecular complexity index is 588. The van der Waals surface area contributed by atoms with Gasteiger partial charge in [-0.1, -0.05) is 32.0 Å². The fourth-order valence-electron chi connectivity index (χ4n) is 3.41. The fourth-order valence-corrected chi connectivity index (χ4v) is 3.41. The molecule has 0 bridgehead atoms. The predicted molar refractivity (Wildman–Crippen MR) is 90.5 cm³/mol. The second-order valence-corrected chi connectivity index (χ2v) is 6.00. The maximum atomic E-state index is 4.48. The van der Waals surface area contributed by atoms with Gasteiger partial charge >= 0.3 is 0 Å².